The molecule has 1 aromatic rings. The van der Waals surface area contributed by atoms with Crippen LogP contribution in [0.15, 0.2) is 17.5 Å². The van der Waals surface area contributed by atoms with Crippen LogP contribution in [0.4, 0.5) is 0 Å². The van der Waals surface area contributed by atoms with Crippen molar-refractivity contribution in [1.82, 2.24) is 10.2 Å². The van der Waals surface area contributed by atoms with Crippen LogP contribution in [-0.4, -0.2) is 31.1 Å². The number of nitrogens with zero attached hydrogens (tertiary/aromatic N) is 1. The zero-order valence-corrected chi connectivity index (χ0v) is 13.5. The van der Waals surface area contributed by atoms with Gasteiger partial charge in [0, 0.05) is 23.5 Å². The van der Waals surface area contributed by atoms with Crippen molar-refractivity contribution < 1.29 is 0 Å². The topological polar surface area (TPSA) is 15.3 Å². The van der Waals surface area contributed by atoms with E-state index in [-0.39, 0.29) is 5.41 Å². The van der Waals surface area contributed by atoms with Crippen molar-refractivity contribution in [2.45, 2.75) is 46.7 Å². The van der Waals surface area contributed by atoms with Crippen LogP contribution in [0, 0.1) is 5.41 Å². The summed E-state index contributed by atoms with van der Waals surface area (Å²) in [6.07, 6.45) is 0. The first kappa shape index (κ1) is 15.7. The second kappa shape index (κ2) is 6.69. The van der Waals surface area contributed by atoms with Crippen molar-refractivity contribution in [3.8, 4) is 0 Å². The zero-order valence-electron chi connectivity index (χ0n) is 12.7. The van der Waals surface area contributed by atoms with Crippen molar-refractivity contribution >= 4 is 11.3 Å². The van der Waals surface area contributed by atoms with Crippen molar-refractivity contribution in [3.05, 3.63) is 22.4 Å². The second-order valence-corrected chi connectivity index (χ2v) is 6.85. The van der Waals surface area contributed by atoms with Crippen LogP contribution in [-0.2, 0) is 0 Å². The van der Waals surface area contributed by atoms with Gasteiger partial charge in [0.25, 0.3) is 0 Å². The van der Waals surface area contributed by atoms with E-state index in [1.54, 1.807) is 0 Å². The van der Waals surface area contributed by atoms with Gasteiger partial charge in [0.1, 0.15) is 0 Å². The van der Waals surface area contributed by atoms with Crippen LogP contribution in [0.5, 0.6) is 0 Å². The fraction of sp³-hybridized carbons (Fsp3) is 0.733. The van der Waals surface area contributed by atoms with E-state index in [0.717, 1.165) is 13.1 Å². The molecule has 0 aliphatic carbocycles. The van der Waals surface area contributed by atoms with E-state index in [1.165, 1.54) is 4.88 Å². The first-order valence-electron chi connectivity index (χ1n) is 6.85. The average Bonchev–Trinajstić information content (AvgIpc) is 2.81. The van der Waals surface area contributed by atoms with Crippen LogP contribution in [0.25, 0.3) is 0 Å². The fourth-order valence-corrected chi connectivity index (χ4v) is 3.09. The number of rotatable bonds is 7. The van der Waals surface area contributed by atoms with Gasteiger partial charge in [-0.2, -0.15) is 0 Å². The van der Waals surface area contributed by atoms with E-state index in [4.69, 9.17) is 0 Å². The molecule has 1 aromatic heterocycles. The van der Waals surface area contributed by atoms with E-state index in [1.807, 2.05) is 11.3 Å². The Morgan fingerprint density at radius 3 is 2.56 bits per heavy atom. The Kier molecular flexibility index (Phi) is 5.83. The van der Waals surface area contributed by atoms with Gasteiger partial charge in [-0.1, -0.05) is 26.8 Å². The maximum absolute atomic E-state index is 3.54. The highest BCUT2D eigenvalue weighted by molar-refractivity contribution is 7.10. The minimum absolute atomic E-state index is 0.274. The molecular formula is C15H28N2S. The first-order chi connectivity index (χ1) is 8.38. The molecule has 0 aromatic carbocycles. The Hall–Kier alpha value is -0.380. The molecule has 0 bridgehead atoms. The lowest BCUT2D eigenvalue weighted by molar-refractivity contribution is 0.138. The third-order valence-electron chi connectivity index (χ3n) is 3.96. The second-order valence-electron chi connectivity index (χ2n) is 5.87. The van der Waals surface area contributed by atoms with Gasteiger partial charge < -0.3 is 5.32 Å². The molecular weight excluding hydrogens is 240 g/mol. The van der Waals surface area contributed by atoms with Crippen LogP contribution in [0.2, 0.25) is 0 Å². The molecule has 0 amide bonds. The maximum atomic E-state index is 3.54. The Morgan fingerprint density at radius 2 is 2.06 bits per heavy atom. The summed E-state index contributed by atoms with van der Waals surface area (Å²) in [7, 11) is 2.23. The molecule has 3 heteroatoms. The molecule has 0 saturated heterocycles. The summed E-state index contributed by atoms with van der Waals surface area (Å²) in [6, 6.07) is 5.39. The number of hydrogen-bond donors (Lipinski definition) is 1. The lowest BCUT2D eigenvalue weighted by Crippen LogP contribution is -2.46. The minimum Gasteiger partial charge on any atom is -0.314 e. The molecule has 18 heavy (non-hydrogen) atoms. The molecule has 1 heterocycles. The number of nitrogens with one attached hydrogen (secondary N) is 1. The van der Waals surface area contributed by atoms with Gasteiger partial charge in [-0.15, -0.1) is 11.3 Å². The van der Waals surface area contributed by atoms with Crippen molar-refractivity contribution in [1.29, 1.82) is 0 Å². The number of thiophene rings is 1. The van der Waals surface area contributed by atoms with Gasteiger partial charge in [0.2, 0.25) is 0 Å². The summed E-state index contributed by atoms with van der Waals surface area (Å²) in [6.45, 7) is 13.6. The predicted molar refractivity (Wildman–Crippen MR) is 82.3 cm³/mol. The molecule has 2 nitrogen and oxygen atoms in total. The Balaban J connectivity index is 2.60. The van der Waals surface area contributed by atoms with E-state index >= 15 is 0 Å². The standard InChI is InChI=1S/C15H28N2S/c1-7-16-13(3)15(4,5)11-17(6)12(2)14-9-8-10-18-14/h8-10,12-13,16H,7,11H2,1-6H3. The monoisotopic (exact) mass is 268 g/mol. The highest BCUT2D eigenvalue weighted by Crippen LogP contribution is 2.28. The minimum atomic E-state index is 0.274. The van der Waals surface area contributed by atoms with Gasteiger partial charge in [0.15, 0.2) is 0 Å². The number of hydrogen-bond acceptors (Lipinski definition) is 3. The third kappa shape index (κ3) is 4.08. The normalized spacial score (nSPS) is 15.9. The molecule has 0 aliphatic rings. The summed E-state index contributed by atoms with van der Waals surface area (Å²) >= 11 is 1.85. The van der Waals surface area contributed by atoms with Crippen molar-refractivity contribution in [2.75, 3.05) is 20.1 Å². The van der Waals surface area contributed by atoms with Crippen molar-refractivity contribution in [3.63, 3.8) is 0 Å². The molecule has 0 spiro atoms. The fourth-order valence-electron chi connectivity index (χ4n) is 2.25. The molecule has 0 fully saturated rings. The van der Waals surface area contributed by atoms with Crippen molar-refractivity contribution in [2.24, 2.45) is 5.41 Å². The predicted octanol–water partition coefficient (Wildman–Crippen LogP) is 3.77. The van der Waals surface area contributed by atoms with E-state index < -0.39 is 0 Å². The molecule has 0 saturated carbocycles. The molecule has 0 radical (unpaired) electrons. The highest BCUT2D eigenvalue weighted by atomic mass is 32.1. The van der Waals surface area contributed by atoms with Gasteiger partial charge in [-0.25, -0.2) is 0 Å². The average molecular weight is 268 g/mol. The van der Waals surface area contributed by atoms with E-state index in [0.29, 0.717) is 12.1 Å². The quantitative estimate of drug-likeness (QED) is 0.810. The maximum Gasteiger partial charge on any atom is 0.0410 e. The molecule has 1 rings (SSSR count). The van der Waals surface area contributed by atoms with Crippen LogP contribution >= 0.6 is 11.3 Å². The van der Waals surface area contributed by atoms with Gasteiger partial charge in [0.05, 0.1) is 0 Å². The Bertz CT molecular complexity index is 332. The Labute approximate surface area is 116 Å². The van der Waals surface area contributed by atoms with Gasteiger partial charge in [-0.05, 0) is 44.3 Å². The summed E-state index contributed by atoms with van der Waals surface area (Å²) in [5, 5.41) is 5.70. The van der Waals surface area contributed by atoms with Gasteiger partial charge in [-0.3, -0.25) is 4.90 Å². The lowest BCUT2D eigenvalue weighted by Gasteiger charge is -2.38. The van der Waals surface area contributed by atoms with Crippen LogP contribution < -0.4 is 5.32 Å². The van der Waals surface area contributed by atoms with Crippen LogP contribution in [0.1, 0.15) is 45.5 Å². The summed E-state index contributed by atoms with van der Waals surface area (Å²) in [5.74, 6) is 0. The summed E-state index contributed by atoms with van der Waals surface area (Å²) in [5.41, 5.74) is 0.274. The molecule has 2 atom stereocenters. The van der Waals surface area contributed by atoms with E-state index in [2.05, 4.69) is 69.4 Å². The molecule has 0 aliphatic heterocycles. The summed E-state index contributed by atoms with van der Waals surface area (Å²) in [4.78, 5) is 3.91. The smallest absolute Gasteiger partial charge is 0.0410 e. The first-order valence-corrected chi connectivity index (χ1v) is 7.73. The summed E-state index contributed by atoms with van der Waals surface area (Å²) < 4.78 is 0. The third-order valence-corrected chi connectivity index (χ3v) is 5.00. The highest BCUT2D eigenvalue weighted by Gasteiger charge is 2.28. The molecule has 104 valence electrons. The lowest BCUT2D eigenvalue weighted by atomic mass is 9.84. The zero-order chi connectivity index (χ0) is 13.8. The molecule has 1 N–H and O–H groups in total. The SMILES string of the molecule is CCNC(C)C(C)(C)CN(C)C(C)c1cccs1. The largest absolute Gasteiger partial charge is 0.314 e. The Morgan fingerprint density at radius 1 is 1.39 bits per heavy atom. The van der Waals surface area contributed by atoms with E-state index in [9.17, 15) is 0 Å². The van der Waals surface area contributed by atoms with Gasteiger partial charge >= 0.3 is 0 Å². The van der Waals surface area contributed by atoms with Crippen LogP contribution in [0.3, 0.4) is 0 Å². The molecule has 2 unspecified atom stereocenters.